The predicted octanol–water partition coefficient (Wildman–Crippen LogP) is 5.39. The van der Waals surface area contributed by atoms with Crippen molar-refractivity contribution in [1.29, 1.82) is 0 Å². The maximum absolute atomic E-state index is 13.0. The summed E-state index contributed by atoms with van der Waals surface area (Å²) in [5, 5.41) is 6.30. The topological polar surface area (TPSA) is 46.9 Å². The van der Waals surface area contributed by atoms with Crippen LogP contribution in [0.1, 0.15) is 41.4 Å². The number of benzene rings is 1. The van der Waals surface area contributed by atoms with Crippen LogP contribution < -0.4 is 5.32 Å². The lowest BCUT2D eigenvalue weighted by Crippen LogP contribution is -2.20. The Balaban J connectivity index is 2.23. The molecule has 1 aromatic heterocycles. The lowest BCUT2D eigenvalue weighted by atomic mass is 9.99. The van der Waals surface area contributed by atoms with E-state index >= 15 is 0 Å². The molecule has 1 amide bonds. The van der Waals surface area contributed by atoms with E-state index in [-0.39, 0.29) is 29.1 Å². The number of aromatic nitrogens is 2. The third-order valence-electron chi connectivity index (χ3n) is 4.03. The molecule has 1 heterocycles. The van der Waals surface area contributed by atoms with Gasteiger partial charge in [0, 0.05) is 24.0 Å². The average molecular weight is 410 g/mol. The van der Waals surface area contributed by atoms with Crippen molar-refractivity contribution in [2.75, 3.05) is 5.32 Å². The summed E-state index contributed by atoms with van der Waals surface area (Å²) in [5.41, 5.74) is -0.384. The second-order valence-corrected chi connectivity index (χ2v) is 6.58. The highest BCUT2D eigenvalue weighted by molar-refractivity contribution is 6.30. The number of hydrogen-bond acceptors (Lipinski definition) is 2. The number of hydrogen-bond donors (Lipinski definition) is 1. The summed E-state index contributed by atoms with van der Waals surface area (Å²) in [5.74, 6) is -2.37. The van der Waals surface area contributed by atoms with Crippen LogP contribution in [0.2, 0.25) is 5.02 Å². The van der Waals surface area contributed by atoms with Gasteiger partial charge in [0.1, 0.15) is 5.69 Å². The monoisotopic (exact) mass is 409 g/mol. The molecule has 1 aromatic carbocycles. The van der Waals surface area contributed by atoms with Gasteiger partial charge in [-0.05, 0) is 36.6 Å². The first kappa shape index (κ1) is 21.1. The van der Waals surface area contributed by atoms with E-state index in [9.17, 15) is 26.7 Å². The third-order valence-corrected chi connectivity index (χ3v) is 4.26. The van der Waals surface area contributed by atoms with Crippen LogP contribution in [0.3, 0.4) is 0 Å². The van der Waals surface area contributed by atoms with Crippen LogP contribution in [0.4, 0.5) is 27.6 Å². The number of rotatable bonds is 6. The number of nitrogens with zero attached hydrogens (tertiary/aromatic N) is 2. The molecule has 1 N–H and O–H groups in total. The second-order valence-electron chi connectivity index (χ2n) is 6.14. The maximum atomic E-state index is 13.0. The molecule has 0 aliphatic rings. The number of alkyl halides is 5. The molecule has 4 nitrogen and oxygen atoms in total. The molecule has 1 atom stereocenters. The van der Waals surface area contributed by atoms with Crippen molar-refractivity contribution in [3.63, 3.8) is 0 Å². The van der Waals surface area contributed by atoms with Crippen molar-refractivity contribution in [3.8, 4) is 0 Å². The molecule has 0 saturated carbocycles. The summed E-state index contributed by atoms with van der Waals surface area (Å²) in [6.45, 7) is 1.06. The van der Waals surface area contributed by atoms with Gasteiger partial charge in [0.05, 0.1) is 11.5 Å². The van der Waals surface area contributed by atoms with E-state index in [1.807, 2.05) is 0 Å². The maximum Gasteiger partial charge on any atom is 0.391 e. The Morgan fingerprint density at radius 1 is 1.33 bits per heavy atom. The number of nitrogens with one attached hydrogen (secondary N) is 1. The third kappa shape index (κ3) is 5.41. The van der Waals surface area contributed by atoms with E-state index in [1.54, 1.807) is 0 Å². The van der Waals surface area contributed by atoms with Crippen LogP contribution in [0.5, 0.6) is 0 Å². The molecule has 0 bridgehead atoms. The van der Waals surface area contributed by atoms with Crippen LogP contribution in [0, 0.1) is 5.92 Å². The first-order valence-corrected chi connectivity index (χ1v) is 8.35. The number of amides is 1. The smallest absolute Gasteiger partial charge is 0.322 e. The highest BCUT2D eigenvalue weighted by Gasteiger charge is 2.35. The quantitative estimate of drug-likeness (QED) is 0.650. The molecular weight excluding hydrogens is 393 g/mol. The normalized spacial score (nSPS) is 13.1. The molecule has 2 rings (SSSR count). The number of carbonyl (C=O) groups is 1. The van der Waals surface area contributed by atoms with Gasteiger partial charge in [0.2, 0.25) is 0 Å². The van der Waals surface area contributed by atoms with Gasteiger partial charge in [0.15, 0.2) is 0 Å². The molecule has 0 saturated heterocycles. The van der Waals surface area contributed by atoms with Gasteiger partial charge < -0.3 is 5.32 Å². The molecule has 0 spiro atoms. The molecule has 2 aromatic rings. The molecule has 1 unspecified atom stereocenters. The Hall–Kier alpha value is -2.16. The van der Waals surface area contributed by atoms with Crippen LogP contribution >= 0.6 is 11.6 Å². The van der Waals surface area contributed by atoms with Crippen molar-refractivity contribution in [3.05, 3.63) is 46.2 Å². The van der Waals surface area contributed by atoms with Gasteiger partial charge in [0.25, 0.3) is 12.3 Å². The highest BCUT2D eigenvalue weighted by Crippen LogP contribution is 2.31. The van der Waals surface area contributed by atoms with Crippen LogP contribution in [-0.4, -0.2) is 21.9 Å². The van der Waals surface area contributed by atoms with Crippen molar-refractivity contribution < 1.29 is 26.7 Å². The summed E-state index contributed by atoms with van der Waals surface area (Å²) in [7, 11) is 1.40. The summed E-state index contributed by atoms with van der Waals surface area (Å²) >= 11 is 5.90. The van der Waals surface area contributed by atoms with Gasteiger partial charge in [-0.1, -0.05) is 18.5 Å². The SMILES string of the molecule is CC(CCc1cc(Cl)ccc1NC(=O)c1cn(C)nc1C(F)F)C(F)(F)F. The van der Waals surface area contributed by atoms with Gasteiger partial charge >= 0.3 is 6.18 Å². The van der Waals surface area contributed by atoms with E-state index in [0.29, 0.717) is 5.56 Å². The largest absolute Gasteiger partial charge is 0.391 e. The van der Waals surface area contributed by atoms with E-state index in [0.717, 1.165) is 17.8 Å². The number of aryl methyl sites for hydroxylation is 2. The molecule has 10 heteroatoms. The molecule has 27 heavy (non-hydrogen) atoms. The fraction of sp³-hybridized carbons (Fsp3) is 0.412. The molecule has 148 valence electrons. The lowest BCUT2D eigenvalue weighted by molar-refractivity contribution is -0.170. The standard InChI is InChI=1S/C17H17ClF5N3O/c1-9(17(21,22)23)3-4-10-7-11(18)5-6-13(10)24-16(27)12-8-26(2)25-14(12)15(19)20/h5-9,15H,3-4H2,1-2H3,(H,24,27). The Morgan fingerprint density at radius 2 is 2.00 bits per heavy atom. The van der Waals surface area contributed by atoms with Crippen molar-refractivity contribution in [2.24, 2.45) is 13.0 Å². The van der Waals surface area contributed by atoms with Crippen molar-refractivity contribution >= 4 is 23.2 Å². The minimum absolute atomic E-state index is 0.00555. The zero-order valence-corrected chi connectivity index (χ0v) is 15.2. The van der Waals surface area contributed by atoms with Gasteiger partial charge in [-0.25, -0.2) is 8.78 Å². The molecular formula is C17H17ClF5N3O. The lowest BCUT2D eigenvalue weighted by Gasteiger charge is -2.17. The zero-order valence-electron chi connectivity index (χ0n) is 14.4. The van der Waals surface area contributed by atoms with Crippen LogP contribution in [0.25, 0.3) is 0 Å². The Bertz CT molecular complexity index is 819. The van der Waals surface area contributed by atoms with E-state index in [2.05, 4.69) is 10.4 Å². The Labute approximate surface area is 157 Å². The van der Waals surface area contributed by atoms with Gasteiger partial charge in [-0.2, -0.15) is 18.3 Å². The Kier molecular flexibility index (Phi) is 6.46. The van der Waals surface area contributed by atoms with E-state index in [1.165, 1.54) is 25.2 Å². The Morgan fingerprint density at radius 3 is 2.59 bits per heavy atom. The molecule has 0 radical (unpaired) electrons. The fourth-order valence-electron chi connectivity index (χ4n) is 2.46. The van der Waals surface area contributed by atoms with Gasteiger partial charge in [-0.3, -0.25) is 9.48 Å². The predicted molar refractivity (Wildman–Crippen MR) is 91.1 cm³/mol. The number of anilines is 1. The summed E-state index contributed by atoms with van der Waals surface area (Å²) < 4.78 is 65.2. The highest BCUT2D eigenvalue weighted by atomic mass is 35.5. The second kappa shape index (κ2) is 8.24. The van der Waals surface area contributed by atoms with Crippen LogP contribution in [0.15, 0.2) is 24.4 Å². The number of carbonyl (C=O) groups excluding carboxylic acids is 1. The van der Waals surface area contributed by atoms with Crippen LogP contribution in [-0.2, 0) is 13.5 Å². The van der Waals surface area contributed by atoms with Crippen molar-refractivity contribution in [2.45, 2.75) is 32.4 Å². The van der Waals surface area contributed by atoms with E-state index in [4.69, 9.17) is 11.6 Å². The first-order chi connectivity index (χ1) is 12.5. The minimum atomic E-state index is -4.33. The summed E-state index contributed by atoms with van der Waals surface area (Å²) in [6.07, 6.45) is -6.32. The average Bonchev–Trinajstić information content (AvgIpc) is 2.96. The zero-order chi connectivity index (χ0) is 20.4. The molecule has 0 fully saturated rings. The fourth-order valence-corrected chi connectivity index (χ4v) is 2.65. The number of halogens is 6. The molecule has 0 aliphatic heterocycles. The van der Waals surface area contributed by atoms with Crippen molar-refractivity contribution in [1.82, 2.24) is 9.78 Å². The molecule has 0 aliphatic carbocycles. The minimum Gasteiger partial charge on any atom is -0.322 e. The summed E-state index contributed by atoms with van der Waals surface area (Å²) in [4.78, 5) is 12.4. The van der Waals surface area contributed by atoms with Gasteiger partial charge in [-0.15, -0.1) is 0 Å². The van der Waals surface area contributed by atoms with E-state index < -0.39 is 30.1 Å². The summed E-state index contributed by atoms with van der Waals surface area (Å²) in [6, 6.07) is 4.31. The first-order valence-electron chi connectivity index (χ1n) is 7.97.